The van der Waals surface area contributed by atoms with Crippen molar-refractivity contribution in [1.29, 1.82) is 0 Å². The fraction of sp³-hybridized carbons (Fsp3) is 0.143. The highest BCUT2D eigenvalue weighted by Gasteiger charge is 2.20. The highest BCUT2D eigenvalue weighted by atomic mass is 32.2. The van der Waals surface area contributed by atoms with Crippen molar-refractivity contribution in [3.63, 3.8) is 0 Å². The number of halogens is 1. The van der Waals surface area contributed by atoms with E-state index in [0.717, 1.165) is 18.2 Å². The number of nitrogens with one attached hydrogen (secondary N) is 2. The topological polar surface area (TPSA) is 102 Å². The van der Waals surface area contributed by atoms with Crippen LogP contribution in [0.15, 0.2) is 58.3 Å². The van der Waals surface area contributed by atoms with Crippen LogP contribution >= 0.6 is 0 Å². The summed E-state index contributed by atoms with van der Waals surface area (Å²) in [4.78, 5) is 2.91. The van der Waals surface area contributed by atoms with Crippen LogP contribution in [0, 0.1) is 5.82 Å². The Morgan fingerprint density at radius 2 is 1.50 bits per heavy atom. The summed E-state index contributed by atoms with van der Waals surface area (Å²) in [7, 11) is -8.38. The minimum Gasteiger partial charge on any atom is -0.494 e. The lowest BCUT2D eigenvalue weighted by Gasteiger charge is -2.10. The van der Waals surface area contributed by atoms with Crippen LogP contribution in [0.1, 0.15) is 6.92 Å². The first-order valence-corrected chi connectivity index (χ1v) is 9.73. The van der Waals surface area contributed by atoms with E-state index in [2.05, 4.69) is 0 Å². The van der Waals surface area contributed by atoms with E-state index in [-0.39, 0.29) is 4.90 Å². The molecule has 10 heteroatoms. The van der Waals surface area contributed by atoms with Gasteiger partial charge in [-0.05, 0) is 49.4 Å². The lowest BCUT2D eigenvalue weighted by Crippen LogP contribution is -2.41. The van der Waals surface area contributed by atoms with E-state index in [1.807, 2.05) is 0 Å². The maximum absolute atomic E-state index is 13.1. The molecule has 0 heterocycles. The average molecular weight is 374 g/mol. The van der Waals surface area contributed by atoms with Gasteiger partial charge in [0, 0.05) is 0 Å². The van der Waals surface area contributed by atoms with Crippen LogP contribution in [-0.2, 0) is 20.0 Å². The summed E-state index contributed by atoms with van der Waals surface area (Å²) in [5.74, 6) is -0.274. The van der Waals surface area contributed by atoms with Crippen molar-refractivity contribution in [3.05, 3.63) is 54.3 Å². The molecule has 0 radical (unpaired) electrons. The van der Waals surface area contributed by atoms with E-state index in [4.69, 9.17) is 4.74 Å². The van der Waals surface area contributed by atoms with Gasteiger partial charge in [-0.15, -0.1) is 9.66 Å². The van der Waals surface area contributed by atoms with Gasteiger partial charge in [0.2, 0.25) is 0 Å². The van der Waals surface area contributed by atoms with Gasteiger partial charge in [-0.1, -0.05) is 6.07 Å². The Balaban J connectivity index is 2.14. The van der Waals surface area contributed by atoms with Gasteiger partial charge in [0.25, 0.3) is 20.0 Å². The summed E-state index contributed by atoms with van der Waals surface area (Å²) in [6.45, 7) is 2.21. The van der Waals surface area contributed by atoms with Gasteiger partial charge in [-0.25, -0.2) is 21.2 Å². The molecule has 2 rings (SSSR count). The maximum Gasteiger partial charge on any atom is 0.254 e. The summed E-state index contributed by atoms with van der Waals surface area (Å²) in [6, 6.07) is 9.60. The summed E-state index contributed by atoms with van der Waals surface area (Å²) < 4.78 is 66.4. The molecule has 0 aromatic heterocycles. The van der Waals surface area contributed by atoms with Gasteiger partial charge < -0.3 is 4.74 Å². The zero-order chi connectivity index (χ0) is 17.8. The summed E-state index contributed by atoms with van der Waals surface area (Å²) >= 11 is 0. The van der Waals surface area contributed by atoms with Crippen molar-refractivity contribution in [2.45, 2.75) is 16.7 Å². The molecule has 0 amide bonds. The molecule has 0 aliphatic rings. The van der Waals surface area contributed by atoms with Gasteiger partial charge >= 0.3 is 0 Å². The molecular formula is C14H15FN2O5S2. The predicted molar refractivity (Wildman–Crippen MR) is 84.7 cm³/mol. The Hall–Kier alpha value is -2.01. The molecule has 0 saturated heterocycles. The number of benzene rings is 2. The van der Waals surface area contributed by atoms with Crippen LogP contribution in [0.3, 0.4) is 0 Å². The molecule has 2 N–H and O–H groups in total. The third-order valence-electron chi connectivity index (χ3n) is 2.86. The van der Waals surface area contributed by atoms with Crippen LogP contribution in [-0.4, -0.2) is 23.4 Å². The standard InChI is InChI=1S/C14H15FN2O5S2/c1-2-22-12-6-8-13(9-7-12)23(18,19)16-17-24(20,21)14-5-3-4-11(15)10-14/h3-10,16-17H,2H2,1H3. The molecule has 0 atom stereocenters. The molecule has 0 unspecified atom stereocenters. The number of hydrogen-bond donors (Lipinski definition) is 2. The maximum atomic E-state index is 13.1. The largest absolute Gasteiger partial charge is 0.494 e. The number of hydrogen-bond acceptors (Lipinski definition) is 5. The first kappa shape index (κ1) is 18.3. The van der Waals surface area contributed by atoms with Crippen LogP contribution in [0.5, 0.6) is 5.75 Å². The molecule has 0 fully saturated rings. The second kappa shape index (κ2) is 7.26. The van der Waals surface area contributed by atoms with E-state index < -0.39 is 30.8 Å². The molecule has 24 heavy (non-hydrogen) atoms. The van der Waals surface area contributed by atoms with Crippen molar-refractivity contribution in [2.75, 3.05) is 6.61 Å². The number of rotatable bonds is 7. The van der Waals surface area contributed by atoms with Crippen molar-refractivity contribution < 1.29 is 26.0 Å². The second-order valence-corrected chi connectivity index (χ2v) is 7.94. The monoisotopic (exact) mass is 374 g/mol. The van der Waals surface area contributed by atoms with Crippen LogP contribution in [0.2, 0.25) is 0 Å². The second-order valence-electron chi connectivity index (χ2n) is 4.57. The van der Waals surface area contributed by atoms with Gasteiger partial charge in [0.05, 0.1) is 16.4 Å². The van der Waals surface area contributed by atoms with Gasteiger partial charge in [-0.2, -0.15) is 0 Å². The van der Waals surface area contributed by atoms with E-state index in [1.54, 1.807) is 16.6 Å². The molecule has 0 aliphatic carbocycles. The predicted octanol–water partition coefficient (Wildman–Crippen LogP) is 1.40. The molecule has 130 valence electrons. The molecule has 0 aliphatic heterocycles. The third kappa shape index (κ3) is 4.51. The van der Waals surface area contributed by atoms with E-state index in [9.17, 15) is 21.2 Å². The smallest absolute Gasteiger partial charge is 0.254 e. The lowest BCUT2D eigenvalue weighted by molar-refractivity contribution is 0.340. The molecule has 0 bridgehead atoms. The Morgan fingerprint density at radius 3 is 2.04 bits per heavy atom. The number of hydrazine groups is 1. The highest BCUT2D eigenvalue weighted by molar-refractivity contribution is 7.92. The van der Waals surface area contributed by atoms with Crippen LogP contribution < -0.4 is 14.4 Å². The number of ether oxygens (including phenoxy) is 1. The first-order valence-electron chi connectivity index (χ1n) is 6.76. The molecule has 2 aromatic carbocycles. The Bertz CT molecular complexity index is 912. The number of sulfonamides is 2. The quantitative estimate of drug-likeness (QED) is 0.713. The zero-order valence-corrected chi connectivity index (χ0v) is 14.2. The normalized spacial score (nSPS) is 12.1. The third-order valence-corrected chi connectivity index (χ3v) is 5.50. The van der Waals surface area contributed by atoms with Crippen molar-refractivity contribution in [3.8, 4) is 5.75 Å². The summed E-state index contributed by atoms with van der Waals surface area (Å²) in [5, 5.41) is 0. The van der Waals surface area contributed by atoms with Crippen molar-refractivity contribution >= 4 is 20.0 Å². The van der Waals surface area contributed by atoms with E-state index in [0.29, 0.717) is 12.4 Å². The van der Waals surface area contributed by atoms with Crippen molar-refractivity contribution in [2.24, 2.45) is 0 Å². The first-order chi connectivity index (χ1) is 11.2. The Labute approximate surface area is 139 Å². The molecular weight excluding hydrogens is 359 g/mol. The Morgan fingerprint density at radius 1 is 0.917 bits per heavy atom. The van der Waals surface area contributed by atoms with Crippen LogP contribution in [0.25, 0.3) is 0 Å². The molecule has 2 aromatic rings. The van der Waals surface area contributed by atoms with Gasteiger partial charge in [0.15, 0.2) is 0 Å². The summed E-state index contributed by atoms with van der Waals surface area (Å²) in [6.07, 6.45) is 0. The van der Waals surface area contributed by atoms with Crippen LogP contribution in [0.4, 0.5) is 4.39 Å². The summed E-state index contributed by atoms with van der Waals surface area (Å²) in [5.41, 5.74) is 0. The molecule has 0 saturated carbocycles. The zero-order valence-electron chi connectivity index (χ0n) is 12.6. The van der Waals surface area contributed by atoms with E-state index >= 15 is 0 Å². The Kier molecular flexibility index (Phi) is 5.54. The SMILES string of the molecule is CCOc1ccc(S(=O)(=O)NNS(=O)(=O)c2cccc(F)c2)cc1. The van der Waals surface area contributed by atoms with Gasteiger partial charge in [-0.3, -0.25) is 0 Å². The highest BCUT2D eigenvalue weighted by Crippen LogP contribution is 2.16. The minimum atomic E-state index is -4.25. The lowest BCUT2D eigenvalue weighted by atomic mass is 10.3. The minimum absolute atomic E-state index is 0.159. The average Bonchev–Trinajstić information content (AvgIpc) is 2.54. The fourth-order valence-electron chi connectivity index (χ4n) is 1.74. The molecule has 0 spiro atoms. The molecule has 7 nitrogen and oxygen atoms in total. The van der Waals surface area contributed by atoms with Crippen molar-refractivity contribution in [1.82, 2.24) is 9.66 Å². The fourth-order valence-corrected chi connectivity index (χ4v) is 3.88. The van der Waals surface area contributed by atoms with E-state index in [1.165, 1.54) is 30.3 Å². The van der Waals surface area contributed by atoms with Gasteiger partial charge in [0.1, 0.15) is 11.6 Å².